The Kier molecular flexibility index (Phi) is 4.94. The predicted molar refractivity (Wildman–Crippen MR) is 113 cm³/mol. The zero-order chi connectivity index (χ0) is 22.4. The number of methoxy groups -OCH3 is 1. The standard InChI is InChI=1S/C23H23N3O6/c1-12-6-16-20(23(27)26(12)10-14-4-3-5-29-14)19(15(9-24)22(25)32-16)13-7-17(28-2)21-18(8-13)30-11-31-21/h6-8,14,19H,3-5,10-11,25H2,1-2H3/t14-,19-/m1/s1. The molecule has 0 radical (unpaired) electrons. The lowest BCUT2D eigenvalue weighted by Gasteiger charge is -2.28. The Morgan fingerprint density at radius 2 is 2.12 bits per heavy atom. The number of aryl methyl sites for hydroxylation is 1. The first-order chi connectivity index (χ1) is 15.5. The van der Waals surface area contributed by atoms with Crippen LogP contribution in [0.25, 0.3) is 0 Å². The Hall–Kier alpha value is -3.64. The first-order valence-electron chi connectivity index (χ1n) is 10.4. The summed E-state index contributed by atoms with van der Waals surface area (Å²) < 4.78 is 29.7. The molecule has 3 aliphatic heterocycles. The van der Waals surface area contributed by atoms with Crippen molar-refractivity contribution in [2.75, 3.05) is 20.5 Å². The smallest absolute Gasteiger partial charge is 0.258 e. The Balaban J connectivity index is 1.70. The number of nitrogens with two attached hydrogens (primary N) is 1. The van der Waals surface area contributed by atoms with E-state index in [0.717, 1.165) is 18.5 Å². The van der Waals surface area contributed by atoms with Gasteiger partial charge >= 0.3 is 0 Å². The molecule has 3 aliphatic rings. The molecule has 2 aromatic rings. The second-order valence-electron chi connectivity index (χ2n) is 8.00. The van der Waals surface area contributed by atoms with Gasteiger partial charge in [-0.1, -0.05) is 0 Å². The van der Waals surface area contributed by atoms with Crippen LogP contribution in [0.1, 0.15) is 35.6 Å². The predicted octanol–water partition coefficient (Wildman–Crippen LogP) is 2.29. The third-order valence-corrected chi connectivity index (χ3v) is 6.11. The zero-order valence-corrected chi connectivity index (χ0v) is 17.8. The maximum Gasteiger partial charge on any atom is 0.258 e. The molecule has 2 atom stereocenters. The van der Waals surface area contributed by atoms with Gasteiger partial charge < -0.3 is 34.0 Å². The van der Waals surface area contributed by atoms with Gasteiger partial charge in [0.1, 0.15) is 17.4 Å². The molecule has 9 heteroatoms. The van der Waals surface area contributed by atoms with Crippen molar-refractivity contribution in [1.29, 1.82) is 5.26 Å². The number of hydrogen-bond acceptors (Lipinski definition) is 8. The van der Waals surface area contributed by atoms with Crippen LogP contribution in [0.5, 0.6) is 23.0 Å². The van der Waals surface area contributed by atoms with Gasteiger partial charge in [-0.15, -0.1) is 0 Å². The van der Waals surface area contributed by atoms with Crippen LogP contribution >= 0.6 is 0 Å². The quantitative estimate of drug-likeness (QED) is 0.774. The Bertz CT molecular complexity index is 1220. The van der Waals surface area contributed by atoms with E-state index in [1.54, 1.807) is 22.8 Å². The summed E-state index contributed by atoms with van der Waals surface area (Å²) in [5.41, 5.74) is 7.73. The van der Waals surface area contributed by atoms with Crippen molar-refractivity contribution >= 4 is 0 Å². The minimum atomic E-state index is -0.740. The van der Waals surface area contributed by atoms with E-state index in [2.05, 4.69) is 6.07 Å². The van der Waals surface area contributed by atoms with Crippen LogP contribution in [0.4, 0.5) is 0 Å². The van der Waals surface area contributed by atoms with Crippen LogP contribution in [-0.2, 0) is 11.3 Å². The van der Waals surface area contributed by atoms with E-state index in [4.69, 9.17) is 29.4 Å². The maximum absolute atomic E-state index is 13.7. The molecular weight excluding hydrogens is 414 g/mol. The number of nitrogens with zero attached hydrogens (tertiary/aromatic N) is 2. The molecule has 9 nitrogen and oxygen atoms in total. The van der Waals surface area contributed by atoms with E-state index in [-0.39, 0.29) is 29.9 Å². The second kappa shape index (κ2) is 7.80. The monoisotopic (exact) mass is 437 g/mol. The Morgan fingerprint density at radius 3 is 2.84 bits per heavy atom. The first-order valence-corrected chi connectivity index (χ1v) is 10.4. The molecule has 0 saturated carbocycles. The number of pyridine rings is 1. The fourth-order valence-electron chi connectivity index (χ4n) is 4.55. The molecule has 0 unspecified atom stereocenters. The number of ether oxygens (including phenoxy) is 5. The summed E-state index contributed by atoms with van der Waals surface area (Å²) >= 11 is 0. The summed E-state index contributed by atoms with van der Waals surface area (Å²) in [6.07, 6.45) is 1.86. The highest BCUT2D eigenvalue weighted by atomic mass is 16.7. The van der Waals surface area contributed by atoms with Gasteiger partial charge in [0.15, 0.2) is 11.5 Å². The van der Waals surface area contributed by atoms with Crippen molar-refractivity contribution in [3.63, 3.8) is 0 Å². The van der Waals surface area contributed by atoms with Crippen molar-refractivity contribution < 1.29 is 23.7 Å². The average molecular weight is 437 g/mol. The van der Waals surface area contributed by atoms with E-state index < -0.39 is 5.92 Å². The fraction of sp³-hybridized carbons (Fsp3) is 0.391. The number of nitriles is 1. The maximum atomic E-state index is 13.7. The number of fused-ring (bicyclic) bond motifs is 2. The fourth-order valence-corrected chi connectivity index (χ4v) is 4.55. The lowest BCUT2D eigenvalue weighted by Crippen LogP contribution is -2.35. The van der Waals surface area contributed by atoms with Gasteiger partial charge in [0.05, 0.1) is 31.2 Å². The Morgan fingerprint density at radius 1 is 1.28 bits per heavy atom. The van der Waals surface area contributed by atoms with Gasteiger partial charge in [-0.3, -0.25) is 4.79 Å². The molecule has 4 heterocycles. The lowest BCUT2D eigenvalue weighted by atomic mass is 9.83. The summed E-state index contributed by atoms with van der Waals surface area (Å²) in [5.74, 6) is 0.988. The van der Waals surface area contributed by atoms with Crippen molar-refractivity contribution in [2.45, 2.75) is 38.3 Å². The molecule has 1 aromatic carbocycles. The van der Waals surface area contributed by atoms with Crippen LogP contribution in [0.15, 0.2) is 34.4 Å². The number of aromatic nitrogens is 1. The van der Waals surface area contributed by atoms with Crippen molar-refractivity contribution in [2.24, 2.45) is 5.73 Å². The molecule has 2 N–H and O–H groups in total. The van der Waals surface area contributed by atoms with Gasteiger partial charge in [-0.2, -0.15) is 5.26 Å². The van der Waals surface area contributed by atoms with Crippen molar-refractivity contribution in [3.05, 3.63) is 56.8 Å². The van der Waals surface area contributed by atoms with Gasteiger partial charge in [-0.05, 0) is 37.5 Å². The second-order valence-corrected chi connectivity index (χ2v) is 8.00. The van der Waals surface area contributed by atoms with E-state index in [9.17, 15) is 10.1 Å². The summed E-state index contributed by atoms with van der Waals surface area (Å²) in [6.45, 7) is 3.05. The largest absolute Gasteiger partial charge is 0.493 e. The number of allylic oxidation sites excluding steroid dienone is 1. The summed E-state index contributed by atoms with van der Waals surface area (Å²) in [5, 5.41) is 9.90. The molecular formula is C23H23N3O6. The normalized spacial score (nSPS) is 21.2. The highest BCUT2D eigenvalue weighted by Crippen LogP contribution is 2.47. The lowest BCUT2D eigenvalue weighted by molar-refractivity contribution is 0.0955. The van der Waals surface area contributed by atoms with E-state index >= 15 is 0 Å². The molecule has 1 saturated heterocycles. The third-order valence-electron chi connectivity index (χ3n) is 6.11. The van der Waals surface area contributed by atoms with Gasteiger partial charge in [-0.25, -0.2) is 0 Å². The minimum absolute atomic E-state index is 0.0194. The first kappa shape index (κ1) is 20.3. The van der Waals surface area contributed by atoms with Crippen LogP contribution in [-0.4, -0.2) is 31.2 Å². The zero-order valence-electron chi connectivity index (χ0n) is 17.8. The van der Waals surface area contributed by atoms with Crippen molar-refractivity contribution in [1.82, 2.24) is 4.57 Å². The molecule has 5 rings (SSSR count). The van der Waals surface area contributed by atoms with Gasteiger partial charge in [0.2, 0.25) is 18.4 Å². The highest BCUT2D eigenvalue weighted by Gasteiger charge is 2.36. The molecule has 1 fully saturated rings. The highest BCUT2D eigenvalue weighted by molar-refractivity contribution is 5.61. The molecule has 0 aliphatic carbocycles. The molecule has 0 bridgehead atoms. The molecule has 0 spiro atoms. The van der Waals surface area contributed by atoms with Gasteiger partial charge in [0, 0.05) is 18.4 Å². The van der Waals surface area contributed by atoms with Gasteiger partial charge in [0.25, 0.3) is 5.56 Å². The molecule has 32 heavy (non-hydrogen) atoms. The van der Waals surface area contributed by atoms with E-state index in [1.165, 1.54) is 7.11 Å². The minimum Gasteiger partial charge on any atom is -0.493 e. The molecule has 0 amide bonds. The summed E-state index contributed by atoms with van der Waals surface area (Å²) in [4.78, 5) is 13.7. The average Bonchev–Trinajstić information content (AvgIpc) is 3.46. The number of benzene rings is 1. The summed E-state index contributed by atoms with van der Waals surface area (Å²) in [6, 6.07) is 7.40. The van der Waals surface area contributed by atoms with Crippen LogP contribution < -0.4 is 30.2 Å². The molecule has 1 aromatic heterocycles. The number of hydrogen-bond donors (Lipinski definition) is 1. The van der Waals surface area contributed by atoms with Crippen molar-refractivity contribution in [3.8, 4) is 29.1 Å². The Labute approximate surface area is 184 Å². The van der Waals surface area contributed by atoms with Crippen LogP contribution in [0.3, 0.4) is 0 Å². The number of rotatable bonds is 4. The third kappa shape index (κ3) is 3.15. The SMILES string of the molecule is COc1cc([C@@H]2C(C#N)=C(N)Oc3cc(C)n(C[C@H]4CCCO4)c(=O)c32)cc2c1OCO2. The van der Waals surface area contributed by atoms with E-state index in [1.807, 2.05) is 6.92 Å². The van der Waals surface area contributed by atoms with Crippen LogP contribution in [0.2, 0.25) is 0 Å². The van der Waals surface area contributed by atoms with E-state index in [0.29, 0.717) is 47.3 Å². The molecule has 166 valence electrons. The summed E-state index contributed by atoms with van der Waals surface area (Å²) in [7, 11) is 1.52. The topological polar surface area (TPSA) is 118 Å². The van der Waals surface area contributed by atoms with Crippen LogP contribution in [0, 0.1) is 18.3 Å².